The van der Waals surface area contributed by atoms with Crippen molar-refractivity contribution in [1.82, 2.24) is 25.7 Å². The Morgan fingerprint density at radius 3 is 2.70 bits per heavy atom. The van der Waals surface area contributed by atoms with E-state index in [2.05, 4.69) is 32.7 Å². The van der Waals surface area contributed by atoms with E-state index >= 15 is 0 Å². The van der Waals surface area contributed by atoms with Crippen molar-refractivity contribution in [3.05, 3.63) is 45.4 Å². The fraction of sp³-hybridized carbons (Fsp3) is 0.591. The zero-order valence-corrected chi connectivity index (χ0v) is 18.4. The molecule has 0 spiro atoms. The number of amides is 1. The first-order valence-electron chi connectivity index (χ1n) is 10.9. The van der Waals surface area contributed by atoms with Gasteiger partial charge in [-0.1, -0.05) is 54.0 Å². The number of nitrogens with zero attached hydrogens (tertiary/aromatic N) is 3. The lowest BCUT2D eigenvalue weighted by molar-refractivity contribution is -0.000472. The number of hydrogen-bond acceptors (Lipinski definition) is 7. The predicted molar refractivity (Wildman–Crippen MR) is 118 cm³/mol. The van der Waals surface area contributed by atoms with Gasteiger partial charge in [0.1, 0.15) is 5.01 Å². The summed E-state index contributed by atoms with van der Waals surface area (Å²) in [7, 11) is 0. The fourth-order valence-electron chi connectivity index (χ4n) is 4.29. The second-order valence-corrected chi connectivity index (χ2v) is 9.22. The highest BCUT2D eigenvalue weighted by atomic mass is 32.1. The van der Waals surface area contributed by atoms with Gasteiger partial charge in [0, 0.05) is 31.7 Å². The van der Waals surface area contributed by atoms with E-state index in [4.69, 9.17) is 4.74 Å². The Morgan fingerprint density at radius 2 is 1.90 bits per heavy atom. The van der Waals surface area contributed by atoms with Gasteiger partial charge in [0.05, 0.1) is 19.8 Å². The highest BCUT2D eigenvalue weighted by Gasteiger charge is 2.31. The number of ether oxygens (including phenoxy) is 1. The number of rotatable bonds is 7. The van der Waals surface area contributed by atoms with Crippen molar-refractivity contribution in [1.29, 1.82) is 0 Å². The SMILES string of the molecule is Cc1ccc(CNC(=O)c2nnc(CN[C@@H]3CCCC[C@H]3N3CCOCC3)s2)cc1. The van der Waals surface area contributed by atoms with Crippen LogP contribution in [-0.2, 0) is 17.8 Å². The average Bonchev–Trinajstić information content (AvgIpc) is 3.27. The topological polar surface area (TPSA) is 79.4 Å². The first-order valence-corrected chi connectivity index (χ1v) is 11.7. The first-order chi connectivity index (χ1) is 14.7. The van der Waals surface area contributed by atoms with Crippen molar-refractivity contribution in [2.75, 3.05) is 26.3 Å². The monoisotopic (exact) mass is 429 g/mol. The summed E-state index contributed by atoms with van der Waals surface area (Å²) in [5.74, 6) is -0.164. The zero-order chi connectivity index (χ0) is 20.8. The number of carbonyl (C=O) groups is 1. The summed E-state index contributed by atoms with van der Waals surface area (Å²) in [6.45, 7) is 6.92. The molecule has 1 saturated carbocycles. The quantitative estimate of drug-likeness (QED) is 0.704. The lowest BCUT2D eigenvalue weighted by Gasteiger charge is -2.42. The van der Waals surface area contributed by atoms with E-state index in [-0.39, 0.29) is 5.91 Å². The standard InChI is InChI=1S/C22H31N5O2S/c1-16-6-8-17(9-7-16)14-24-21(28)22-26-25-20(30-22)15-23-18-4-2-3-5-19(18)27-10-12-29-13-11-27/h6-9,18-19,23H,2-5,10-15H2,1H3,(H,24,28)/t18-,19-/m1/s1. The summed E-state index contributed by atoms with van der Waals surface area (Å²) in [6, 6.07) is 9.17. The second kappa shape index (κ2) is 10.4. The van der Waals surface area contributed by atoms with Gasteiger partial charge in [0.25, 0.3) is 5.91 Å². The van der Waals surface area contributed by atoms with E-state index in [0.29, 0.717) is 30.2 Å². The summed E-state index contributed by atoms with van der Waals surface area (Å²) in [6.07, 6.45) is 4.98. The molecule has 30 heavy (non-hydrogen) atoms. The minimum Gasteiger partial charge on any atom is -0.379 e. The number of aromatic nitrogens is 2. The number of hydrogen-bond donors (Lipinski definition) is 2. The van der Waals surface area contributed by atoms with Crippen molar-refractivity contribution < 1.29 is 9.53 Å². The molecule has 1 aliphatic carbocycles. The lowest BCUT2D eigenvalue weighted by Crippen LogP contribution is -2.54. The normalized spacial score (nSPS) is 22.7. The number of nitrogens with one attached hydrogen (secondary N) is 2. The van der Waals surface area contributed by atoms with Crippen LogP contribution in [0.15, 0.2) is 24.3 Å². The van der Waals surface area contributed by atoms with Crippen LogP contribution in [0.3, 0.4) is 0 Å². The molecule has 8 heteroatoms. The second-order valence-electron chi connectivity index (χ2n) is 8.16. The summed E-state index contributed by atoms with van der Waals surface area (Å²) in [5.41, 5.74) is 2.28. The van der Waals surface area contributed by atoms with Gasteiger partial charge in [-0.2, -0.15) is 0 Å². The van der Waals surface area contributed by atoms with Crippen LogP contribution in [0, 0.1) is 6.92 Å². The van der Waals surface area contributed by atoms with Crippen molar-refractivity contribution in [2.45, 2.75) is 57.8 Å². The molecule has 1 aromatic heterocycles. The average molecular weight is 430 g/mol. The molecule has 162 valence electrons. The minimum atomic E-state index is -0.164. The van der Waals surface area contributed by atoms with Crippen LogP contribution < -0.4 is 10.6 Å². The minimum absolute atomic E-state index is 0.164. The van der Waals surface area contributed by atoms with E-state index in [0.717, 1.165) is 36.9 Å². The molecule has 2 aliphatic rings. The van der Waals surface area contributed by atoms with Gasteiger partial charge >= 0.3 is 0 Å². The number of morpholine rings is 1. The molecule has 2 N–H and O–H groups in total. The van der Waals surface area contributed by atoms with Crippen LogP contribution in [0.1, 0.15) is 51.6 Å². The highest BCUT2D eigenvalue weighted by Crippen LogP contribution is 2.24. The molecule has 1 aromatic carbocycles. The lowest BCUT2D eigenvalue weighted by atomic mass is 9.89. The van der Waals surface area contributed by atoms with E-state index < -0.39 is 0 Å². The van der Waals surface area contributed by atoms with Gasteiger partial charge in [-0.15, -0.1) is 10.2 Å². The first kappa shape index (κ1) is 21.4. The largest absolute Gasteiger partial charge is 0.379 e. The summed E-state index contributed by atoms with van der Waals surface area (Å²) >= 11 is 1.37. The van der Waals surface area contributed by atoms with Crippen LogP contribution in [-0.4, -0.2) is 59.4 Å². The van der Waals surface area contributed by atoms with E-state index in [1.807, 2.05) is 24.3 Å². The maximum Gasteiger partial charge on any atom is 0.282 e. The Hall–Kier alpha value is -1.87. The Balaban J connectivity index is 1.28. The summed E-state index contributed by atoms with van der Waals surface area (Å²) in [4.78, 5) is 15.0. The molecular formula is C22H31N5O2S. The van der Waals surface area contributed by atoms with Gasteiger partial charge in [0.2, 0.25) is 5.01 Å². The predicted octanol–water partition coefficient (Wildman–Crippen LogP) is 2.51. The molecule has 2 heterocycles. The molecule has 4 rings (SSSR count). The van der Waals surface area contributed by atoms with Crippen molar-refractivity contribution in [2.24, 2.45) is 0 Å². The molecule has 2 fully saturated rings. The molecular weight excluding hydrogens is 398 g/mol. The van der Waals surface area contributed by atoms with E-state index in [9.17, 15) is 4.79 Å². The smallest absolute Gasteiger partial charge is 0.282 e. The summed E-state index contributed by atoms with van der Waals surface area (Å²) < 4.78 is 5.52. The molecule has 0 unspecified atom stereocenters. The van der Waals surface area contributed by atoms with Crippen LogP contribution in [0.25, 0.3) is 0 Å². The van der Waals surface area contributed by atoms with Crippen LogP contribution in [0.5, 0.6) is 0 Å². The van der Waals surface area contributed by atoms with Gasteiger partial charge in [-0.05, 0) is 25.3 Å². The number of aryl methyl sites for hydroxylation is 1. The Bertz CT molecular complexity index is 819. The van der Waals surface area contributed by atoms with E-state index in [1.54, 1.807) is 0 Å². The maximum atomic E-state index is 12.4. The number of carbonyl (C=O) groups excluding carboxylic acids is 1. The maximum absolute atomic E-state index is 12.4. The molecule has 7 nitrogen and oxygen atoms in total. The van der Waals surface area contributed by atoms with Gasteiger partial charge < -0.3 is 15.4 Å². The van der Waals surface area contributed by atoms with Crippen molar-refractivity contribution >= 4 is 17.2 Å². The van der Waals surface area contributed by atoms with Crippen molar-refractivity contribution in [3.63, 3.8) is 0 Å². The Labute approximate surface area is 182 Å². The third kappa shape index (κ3) is 5.63. The molecule has 1 saturated heterocycles. The zero-order valence-electron chi connectivity index (χ0n) is 17.6. The Kier molecular flexibility index (Phi) is 7.43. The van der Waals surface area contributed by atoms with Gasteiger partial charge in [-0.3, -0.25) is 9.69 Å². The van der Waals surface area contributed by atoms with Gasteiger partial charge in [-0.25, -0.2) is 0 Å². The third-order valence-corrected chi connectivity index (χ3v) is 6.92. The third-order valence-electron chi connectivity index (χ3n) is 5.99. The number of benzene rings is 1. The van der Waals surface area contributed by atoms with Crippen LogP contribution >= 0.6 is 11.3 Å². The highest BCUT2D eigenvalue weighted by molar-refractivity contribution is 7.13. The molecule has 0 radical (unpaired) electrons. The van der Waals surface area contributed by atoms with Crippen LogP contribution in [0.2, 0.25) is 0 Å². The molecule has 2 atom stereocenters. The fourth-order valence-corrected chi connectivity index (χ4v) is 5.00. The van der Waals surface area contributed by atoms with Crippen molar-refractivity contribution in [3.8, 4) is 0 Å². The Morgan fingerprint density at radius 1 is 1.13 bits per heavy atom. The molecule has 1 aliphatic heterocycles. The molecule has 0 bridgehead atoms. The van der Waals surface area contributed by atoms with Crippen LogP contribution in [0.4, 0.5) is 0 Å². The van der Waals surface area contributed by atoms with E-state index in [1.165, 1.54) is 42.6 Å². The van der Waals surface area contributed by atoms with Gasteiger partial charge in [0.15, 0.2) is 0 Å². The summed E-state index contributed by atoms with van der Waals surface area (Å²) in [5, 5.41) is 16.3. The molecule has 1 amide bonds. The molecule has 2 aromatic rings.